The Morgan fingerprint density at radius 1 is 1.27 bits per heavy atom. The molecule has 1 atom stereocenters. The Bertz CT molecular complexity index is 520. The highest BCUT2D eigenvalue weighted by atomic mass is 35.5. The molecule has 1 saturated heterocycles. The van der Waals surface area contributed by atoms with Crippen LogP contribution in [0.1, 0.15) is 24.4 Å². The van der Waals surface area contributed by atoms with Crippen molar-refractivity contribution in [2.75, 3.05) is 26.2 Å². The minimum atomic E-state index is -0.513. The monoisotopic (exact) mass is 349 g/mol. The van der Waals surface area contributed by atoms with Crippen molar-refractivity contribution in [1.29, 1.82) is 0 Å². The van der Waals surface area contributed by atoms with Crippen LogP contribution in [0.2, 0.25) is 0 Å². The molecule has 2 N–H and O–H groups in total. The van der Waals surface area contributed by atoms with Gasteiger partial charge in [-0.2, -0.15) is 0 Å². The summed E-state index contributed by atoms with van der Waals surface area (Å²) in [4.78, 5) is 12.9. The number of hydrogen-bond acceptors (Lipinski definition) is 5. The van der Waals surface area contributed by atoms with Gasteiger partial charge >= 0.3 is 5.69 Å². The molecule has 2 fully saturated rings. The third-order valence-electron chi connectivity index (χ3n) is 4.15. The van der Waals surface area contributed by atoms with E-state index < -0.39 is 4.92 Å². The van der Waals surface area contributed by atoms with Gasteiger partial charge in [-0.05, 0) is 30.4 Å². The lowest BCUT2D eigenvalue weighted by Gasteiger charge is -2.35. The highest BCUT2D eigenvalue weighted by Gasteiger charge is 2.37. The van der Waals surface area contributed by atoms with Crippen LogP contribution in [0.5, 0.6) is 5.75 Å². The van der Waals surface area contributed by atoms with Gasteiger partial charge in [0.2, 0.25) is 0 Å². The lowest BCUT2D eigenvalue weighted by Crippen LogP contribution is -2.45. The second kappa shape index (κ2) is 7.97. The Balaban J connectivity index is 0.00000121. The maximum absolute atomic E-state index is 11.0. The summed E-state index contributed by atoms with van der Waals surface area (Å²) >= 11 is 0. The van der Waals surface area contributed by atoms with Gasteiger partial charge in [-0.3, -0.25) is 15.0 Å². The minimum absolute atomic E-state index is 0. The molecule has 1 aromatic carbocycles. The van der Waals surface area contributed by atoms with E-state index in [1.807, 2.05) is 6.07 Å². The van der Waals surface area contributed by atoms with Gasteiger partial charge in [0.1, 0.15) is 0 Å². The summed E-state index contributed by atoms with van der Waals surface area (Å²) in [6.07, 6.45) is 2.37. The molecule has 0 aromatic heterocycles. The van der Waals surface area contributed by atoms with Crippen molar-refractivity contribution in [2.24, 2.45) is 5.92 Å². The maximum Gasteiger partial charge on any atom is 0.311 e. The molecule has 1 saturated carbocycles. The predicted octanol–water partition coefficient (Wildman–Crippen LogP) is 2.50. The number of nitrogens with one attached hydrogen (secondary N) is 1. The lowest BCUT2D eigenvalue weighted by atomic mass is 9.99. The van der Waals surface area contributed by atoms with E-state index in [0.29, 0.717) is 5.92 Å². The topological polar surface area (TPSA) is 78.6 Å². The number of phenols is 1. The van der Waals surface area contributed by atoms with Crippen LogP contribution in [-0.2, 0) is 0 Å². The molecular formula is C14H21Cl2N3O3. The van der Waals surface area contributed by atoms with Crippen molar-refractivity contribution in [3.8, 4) is 5.75 Å². The number of aromatic hydroxyl groups is 1. The van der Waals surface area contributed by atoms with Crippen LogP contribution >= 0.6 is 24.8 Å². The fourth-order valence-electron chi connectivity index (χ4n) is 3.02. The summed E-state index contributed by atoms with van der Waals surface area (Å²) < 4.78 is 0. The molecule has 1 aliphatic carbocycles. The summed E-state index contributed by atoms with van der Waals surface area (Å²) in [7, 11) is 0. The van der Waals surface area contributed by atoms with Gasteiger partial charge in [-0.1, -0.05) is 6.07 Å². The second-order valence-electron chi connectivity index (χ2n) is 5.57. The number of phenolic OH excluding ortho intramolecular Hbond substituents is 1. The van der Waals surface area contributed by atoms with Gasteiger partial charge in [0, 0.05) is 38.3 Å². The summed E-state index contributed by atoms with van der Waals surface area (Å²) in [5, 5.41) is 23.9. The smallest absolute Gasteiger partial charge is 0.311 e. The van der Waals surface area contributed by atoms with Gasteiger partial charge in [0.25, 0.3) is 0 Å². The molecule has 0 unspecified atom stereocenters. The van der Waals surface area contributed by atoms with E-state index in [2.05, 4.69) is 10.2 Å². The van der Waals surface area contributed by atoms with Crippen molar-refractivity contribution in [3.63, 3.8) is 0 Å². The van der Waals surface area contributed by atoms with Gasteiger partial charge in [-0.15, -0.1) is 24.8 Å². The SMILES string of the molecule is Cl.Cl.O=[N+]([O-])c1cc([C@H](C2CC2)N2CCNCC2)ccc1O. The Morgan fingerprint density at radius 2 is 1.91 bits per heavy atom. The summed E-state index contributed by atoms with van der Waals surface area (Å²) in [6.45, 7) is 3.86. The molecule has 2 aliphatic rings. The highest BCUT2D eigenvalue weighted by molar-refractivity contribution is 5.85. The van der Waals surface area contributed by atoms with Crippen LogP contribution in [0, 0.1) is 16.0 Å². The number of nitro groups is 1. The van der Waals surface area contributed by atoms with E-state index >= 15 is 0 Å². The molecule has 0 bridgehead atoms. The number of hydrogen-bond donors (Lipinski definition) is 2. The van der Waals surface area contributed by atoms with Crippen molar-refractivity contribution in [2.45, 2.75) is 18.9 Å². The van der Waals surface area contributed by atoms with Gasteiger partial charge in [0.15, 0.2) is 5.75 Å². The van der Waals surface area contributed by atoms with Crippen LogP contribution in [0.25, 0.3) is 0 Å². The molecule has 1 aromatic rings. The fraction of sp³-hybridized carbons (Fsp3) is 0.571. The van der Waals surface area contributed by atoms with Crippen molar-refractivity contribution in [1.82, 2.24) is 10.2 Å². The Morgan fingerprint density at radius 3 is 2.45 bits per heavy atom. The molecule has 0 amide bonds. The van der Waals surface area contributed by atoms with Crippen LogP contribution in [0.4, 0.5) is 5.69 Å². The molecule has 8 heteroatoms. The lowest BCUT2D eigenvalue weighted by molar-refractivity contribution is -0.386. The number of nitrogens with zero attached hydrogens (tertiary/aromatic N) is 2. The minimum Gasteiger partial charge on any atom is -0.502 e. The van der Waals surface area contributed by atoms with Crippen molar-refractivity contribution in [3.05, 3.63) is 33.9 Å². The predicted molar refractivity (Wildman–Crippen MR) is 89.2 cm³/mol. The zero-order valence-corrected chi connectivity index (χ0v) is 13.7. The first-order chi connectivity index (χ1) is 9.66. The van der Waals surface area contributed by atoms with Crippen LogP contribution in [-0.4, -0.2) is 41.1 Å². The van der Waals surface area contributed by atoms with E-state index in [1.54, 1.807) is 6.07 Å². The quantitative estimate of drug-likeness (QED) is 0.644. The first-order valence-corrected chi connectivity index (χ1v) is 7.09. The van der Waals surface area contributed by atoms with Gasteiger partial charge in [0.05, 0.1) is 4.92 Å². The summed E-state index contributed by atoms with van der Waals surface area (Å²) in [6, 6.07) is 5.06. The molecular weight excluding hydrogens is 329 g/mol. The van der Waals surface area contributed by atoms with E-state index in [1.165, 1.54) is 18.9 Å². The molecule has 0 radical (unpaired) electrons. The molecule has 6 nitrogen and oxygen atoms in total. The van der Waals surface area contributed by atoms with Crippen LogP contribution in [0.3, 0.4) is 0 Å². The van der Waals surface area contributed by atoms with Gasteiger partial charge < -0.3 is 10.4 Å². The third kappa shape index (κ3) is 4.01. The number of rotatable bonds is 4. The largest absolute Gasteiger partial charge is 0.502 e. The van der Waals surface area contributed by atoms with Crippen molar-refractivity contribution < 1.29 is 10.0 Å². The Hall–Kier alpha value is -1.08. The van der Waals surface area contributed by atoms with E-state index in [0.717, 1.165) is 31.7 Å². The standard InChI is InChI=1S/C14H19N3O3.2ClH/c18-13-4-3-11(9-12(13)17(19)20)14(10-1-2-10)16-7-5-15-6-8-16;;/h3-4,9-10,14-15,18H,1-2,5-8H2;2*1H/t14-;;/m0../s1. The maximum atomic E-state index is 11.0. The summed E-state index contributed by atoms with van der Waals surface area (Å²) in [5.74, 6) is 0.339. The fourth-order valence-corrected chi connectivity index (χ4v) is 3.02. The highest BCUT2D eigenvalue weighted by Crippen LogP contribution is 2.45. The summed E-state index contributed by atoms with van der Waals surface area (Å²) in [5.41, 5.74) is 0.766. The third-order valence-corrected chi connectivity index (χ3v) is 4.15. The number of halogens is 2. The Labute approximate surface area is 141 Å². The average molecular weight is 350 g/mol. The van der Waals surface area contributed by atoms with Gasteiger partial charge in [-0.25, -0.2) is 0 Å². The number of nitro benzene ring substituents is 1. The van der Waals surface area contributed by atoms with E-state index in [9.17, 15) is 15.2 Å². The average Bonchev–Trinajstić information content (AvgIpc) is 3.26. The molecule has 0 spiro atoms. The zero-order chi connectivity index (χ0) is 14.1. The zero-order valence-electron chi connectivity index (χ0n) is 12.1. The van der Waals surface area contributed by atoms with E-state index in [4.69, 9.17) is 0 Å². The molecule has 3 rings (SSSR count). The van der Waals surface area contributed by atoms with Crippen molar-refractivity contribution >= 4 is 30.5 Å². The molecule has 124 valence electrons. The van der Waals surface area contributed by atoms with Crippen LogP contribution in [0.15, 0.2) is 18.2 Å². The Kier molecular flexibility index (Phi) is 6.87. The first kappa shape index (κ1) is 19.0. The van der Waals surface area contributed by atoms with Crippen LogP contribution < -0.4 is 5.32 Å². The second-order valence-corrected chi connectivity index (χ2v) is 5.57. The number of piperazine rings is 1. The number of benzene rings is 1. The molecule has 22 heavy (non-hydrogen) atoms. The molecule has 1 heterocycles. The van der Waals surface area contributed by atoms with E-state index in [-0.39, 0.29) is 42.3 Å². The first-order valence-electron chi connectivity index (χ1n) is 7.09. The molecule has 1 aliphatic heterocycles. The normalized spacial score (nSPS) is 19.6.